The second-order valence-corrected chi connectivity index (χ2v) is 6.81. The third kappa shape index (κ3) is 4.76. The van der Waals surface area contributed by atoms with Gasteiger partial charge < -0.3 is 5.32 Å². The molecule has 3 rings (SSSR count). The molecule has 0 aliphatic rings. The number of aromatic nitrogens is 2. The highest BCUT2D eigenvalue weighted by Gasteiger charge is 2.24. The summed E-state index contributed by atoms with van der Waals surface area (Å²) in [5.74, 6) is -1.84. The highest BCUT2D eigenvalue weighted by atomic mass is 79.9. The maximum atomic E-state index is 14.1. The monoisotopic (exact) mass is 480 g/mol. The van der Waals surface area contributed by atoms with E-state index in [-0.39, 0.29) is 27.9 Å². The summed E-state index contributed by atoms with van der Waals surface area (Å²) in [6.45, 7) is 0. The minimum Gasteiger partial charge on any atom is -0.332 e. The zero-order valence-electron chi connectivity index (χ0n) is 14.3. The van der Waals surface area contributed by atoms with Gasteiger partial charge >= 0.3 is 5.69 Å². The van der Waals surface area contributed by atoms with Crippen molar-refractivity contribution in [2.45, 2.75) is 0 Å². The lowest BCUT2D eigenvalue weighted by Crippen LogP contribution is -2.30. The van der Waals surface area contributed by atoms with Crippen LogP contribution in [0.3, 0.4) is 0 Å². The fourth-order valence-electron chi connectivity index (χ4n) is 2.28. The lowest BCUT2D eigenvalue weighted by Gasteiger charge is -2.12. The van der Waals surface area contributed by atoms with Gasteiger partial charge in [0.25, 0.3) is 5.91 Å². The summed E-state index contributed by atoms with van der Waals surface area (Å²) in [5.41, 5.74) is 4.21. The largest absolute Gasteiger partial charge is 0.355 e. The van der Waals surface area contributed by atoms with Gasteiger partial charge in [-0.15, -0.1) is 0 Å². The van der Waals surface area contributed by atoms with Crippen molar-refractivity contribution in [1.82, 2.24) is 15.4 Å². The predicted octanol–water partition coefficient (Wildman–Crippen LogP) is 4.44. The van der Waals surface area contributed by atoms with Crippen molar-refractivity contribution in [2.24, 2.45) is 0 Å². The fraction of sp³-hybridized carbons (Fsp3) is 0. The zero-order valence-corrected chi connectivity index (χ0v) is 16.7. The summed E-state index contributed by atoms with van der Waals surface area (Å²) in [5, 5.41) is 14.3. The van der Waals surface area contributed by atoms with Crippen molar-refractivity contribution in [3.8, 4) is 0 Å². The van der Waals surface area contributed by atoms with E-state index >= 15 is 0 Å². The average molecular weight is 482 g/mol. The molecule has 0 aliphatic carbocycles. The van der Waals surface area contributed by atoms with Gasteiger partial charge in [-0.3, -0.25) is 25.8 Å². The first-order chi connectivity index (χ1) is 13.9. The number of hydrogen-bond donors (Lipinski definition) is 3. The predicted molar refractivity (Wildman–Crippen MR) is 109 cm³/mol. The second kappa shape index (κ2) is 8.80. The Morgan fingerprint density at radius 3 is 2.59 bits per heavy atom. The van der Waals surface area contributed by atoms with Crippen LogP contribution in [0.4, 0.5) is 27.4 Å². The van der Waals surface area contributed by atoms with E-state index in [0.717, 1.165) is 6.33 Å². The summed E-state index contributed by atoms with van der Waals surface area (Å²) in [4.78, 5) is 30.6. The molecule has 1 aromatic heterocycles. The van der Waals surface area contributed by atoms with Gasteiger partial charge in [0.2, 0.25) is 11.6 Å². The number of amides is 1. The average Bonchev–Trinajstić information content (AvgIpc) is 2.68. The Morgan fingerprint density at radius 2 is 1.90 bits per heavy atom. The van der Waals surface area contributed by atoms with Gasteiger partial charge in [0.15, 0.2) is 0 Å². The molecule has 1 heterocycles. The van der Waals surface area contributed by atoms with Crippen LogP contribution < -0.4 is 16.2 Å². The number of hydrogen-bond acceptors (Lipinski definition) is 7. The topological polar surface area (TPSA) is 122 Å². The van der Waals surface area contributed by atoms with Crippen LogP contribution >= 0.6 is 27.5 Å². The molecule has 0 radical (unpaired) electrons. The summed E-state index contributed by atoms with van der Waals surface area (Å²) in [7, 11) is 0. The molecule has 148 valence electrons. The van der Waals surface area contributed by atoms with E-state index in [2.05, 4.69) is 42.1 Å². The Bertz CT molecular complexity index is 1100. The normalized spacial score (nSPS) is 10.3. The molecule has 0 atom stereocenters. The first-order valence-corrected chi connectivity index (χ1v) is 9.06. The molecule has 3 N–H and O–H groups in total. The molecule has 0 spiro atoms. The standard InChI is InChI=1S/C17H11BrClFN6O3/c18-9-5-6-13(12(20)7-9)23-15-14(26(28)29)16(22-8-21-15)24-25-17(27)10-3-1-2-4-11(10)19/h1-8H,(H,25,27)(H2,21,22,23,24). The maximum absolute atomic E-state index is 14.1. The number of nitro groups is 1. The Morgan fingerprint density at radius 1 is 1.17 bits per heavy atom. The number of nitrogens with zero attached hydrogens (tertiary/aromatic N) is 3. The lowest BCUT2D eigenvalue weighted by molar-refractivity contribution is -0.383. The number of carbonyl (C=O) groups is 1. The molecular weight excluding hydrogens is 471 g/mol. The minimum atomic E-state index is -0.761. The quantitative estimate of drug-likeness (QED) is 0.351. The highest BCUT2D eigenvalue weighted by molar-refractivity contribution is 9.10. The van der Waals surface area contributed by atoms with Crippen molar-refractivity contribution in [3.05, 3.63) is 79.8 Å². The molecule has 0 aliphatic heterocycles. The summed E-state index contributed by atoms with van der Waals surface area (Å²) in [6.07, 6.45) is 1.02. The van der Waals surface area contributed by atoms with Gasteiger partial charge in [-0.05, 0) is 30.3 Å². The Hall–Kier alpha value is -3.31. The van der Waals surface area contributed by atoms with E-state index in [1.54, 1.807) is 18.2 Å². The van der Waals surface area contributed by atoms with Gasteiger partial charge in [-0.25, -0.2) is 14.4 Å². The van der Waals surface area contributed by atoms with Crippen molar-refractivity contribution < 1.29 is 14.1 Å². The second-order valence-electron chi connectivity index (χ2n) is 5.48. The van der Waals surface area contributed by atoms with Gasteiger partial charge in [0.1, 0.15) is 12.1 Å². The van der Waals surface area contributed by atoms with Gasteiger partial charge in [0.05, 0.1) is 21.2 Å². The van der Waals surface area contributed by atoms with Crippen molar-refractivity contribution in [3.63, 3.8) is 0 Å². The summed E-state index contributed by atoms with van der Waals surface area (Å²) >= 11 is 9.08. The van der Waals surface area contributed by atoms with Crippen LogP contribution in [0.15, 0.2) is 53.3 Å². The number of rotatable bonds is 6. The lowest BCUT2D eigenvalue weighted by atomic mass is 10.2. The van der Waals surface area contributed by atoms with Gasteiger partial charge in [-0.2, -0.15) is 0 Å². The van der Waals surface area contributed by atoms with E-state index in [4.69, 9.17) is 11.6 Å². The molecule has 9 nitrogen and oxygen atoms in total. The van der Waals surface area contributed by atoms with E-state index in [9.17, 15) is 19.3 Å². The number of halogens is 3. The van der Waals surface area contributed by atoms with Crippen molar-refractivity contribution >= 4 is 56.4 Å². The van der Waals surface area contributed by atoms with Crippen LogP contribution in [-0.4, -0.2) is 20.8 Å². The van der Waals surface area contributed by atoms with Crippen LogP contribution in [0, 0.1) is 15.9 Å². The Labute approximate surface area is 176 Å². The summed E-state index contributed by atoms with van der Waals surface area (Å²) in [6, 6.07) is 10.4. The Balaban J connectivity index is 1.86. The number of carbonyl (C=O) groups excluding carboxylic acids is 1. The molecule has 0 saturated carbocycles. The van der Waals surface area contributed by atoms with E-state index < -0.39 is 22.3 Å². The third-order valence-electron chi connectivity index (χ3n) is 3.60. The first kappa shape index (κ1) is 20.4. The molecule has 2 aromatic carbocycles. The molecule has 1 amide bonds. The Kier molecular flexibility index (Phi) is 6.20. The summed E-state index contributed by atoms with van der Waals surface area (Å²) < 4.78 is 14.6. The molecule has 12 heteroatoms. The number of anilines is 3. The molecule has 0 unspecified atom stereocenters. The van der Waals surface area contributed by atoms with Gasteiger partial charge in [-0.1, -0.05) is 39.7 Å². The molecule has 0 bridgehead atoms. The molecule has 0 saturated heterocycles. The first-order valence-electron chi connectivity index (χ1n) is 7.89. The number of nitrogens with one attached hydrogen (secondary N) is 3. The molecule has 29 heavy (non-hydrogen) atoms. The van der Waals surface area contributed by atoms with Crippen LogP contribution in [0.25, 0.3) is 0 Å². The van der Waals surface area contributed by atoms with Gasteiger partial charge in [0, 0.05) is 4.47 Å². The van der Waals surface area contributed by atoms with Crippen LogP contribution in [0.2, 0.25) is 5.02 Å². The fourth-order valence-corrected chi connectivity index (χ4v) is 2.84. The van der Waals surface area contributed by atoms with E-state index in [0.29, 0.717) is 4.47 Å². The molecular formula is C17H11BrClFN6O3. The highest BCUT2D eigenvalue weighted by Crippen LogP contribution is 2.32. The molecule has 0 fully saturated rings. The van der Waals surface area contributed by atoms with Crippen molar-refractivity contribution in [1.29, 1.82) is 0 Å². The SMILES string of the molecule is O=C(NNc1ncnc(Nc2ccc(Br)cc2F)c1[N+](=O)[O-])c1ccccc1Cl. The smallest absolute Gasteiger partial charge is 0.332 e. The zero-order chi connectivity index (χ0) is 21.0. The minimum absolute atomic E-state index is 0.0268. The van der Waals surface area contributed by atoms with Crippen LogP contribution in [0.1, 0.15) is 10.4 Å². The van der Waals surface area contributed by atoms with Crippen LogP contribution in [0.5, 0.6) is 0 Å². The van der Waals surface area contributed by atoms with E-state index in [1.165, 1.54) is 24.3 Å². The van der Waals surface area contributed by atoms with E-state index in [1.807, 2.05) is 0 Å². The van der Waals surface area contributed by atoms with Crippen molar-refractivity contribution in [2.75, 3.05) is 10.7 Å². The molecule has 3 aromatic rings. The number of benzene rings is 2. The van der Waals surface area contributed by atoms with Crippen LogP contribution in [-0.2, 0) is 0 Å². The number of hydrazine groups is 1. The third-order valence-corrected chi connectivity index (χ3v) is 4.42. The maximum Gasteiger partial charge on any atom is 0.355 e.